The number of rotatable bonds is 1. The van der Waals surface area contributed by atoms with E-state index in [9.17, 15) is 9.59 Å². The first kappa shape index (κ1) is 9.37. The molecule has 1 spiro atoms. The van der Waals surface area contributed by atoms with E-state index in [-0.39, 0.29) is 17.7 Å². The zero-order chi connectivity index (χ0) is 10.8. The average Bonchev–Trinajstić information content (AvgIpc) is 2.56. The summed E-state index contributed by atoms with van der Waals surface area (Å²) in [7, 11) is 0. The lowest BCUT2D eigenvalue weighted by Gasteiger charge is -2.36. The van der Waals surface area contributed by atoms with Crippen LogP contribution in [-0.4, -0.2) is 29.2 Å². The van der Waals surface area contributed by atoms with Gasteiger partial charge in [-0.15, -0.1) is 0 Å². The van der Waals surface area contributed by atoms with Crippen LogP contribution in [0.25, 0.3) is 0 Å². The molecule has 0 aromatic rings. The van der Waals surface area contributed by atoms with Gasteiger partial charge < -0.3 is 4.90 Å². The van der Waals surface area contributed by atoms with Crippen LogP contribution in [0.2, 0.25) is 0 Å². The summed E-state index contributed by atoms with van der Waals surface area (Å²) in [5.74, 6) is 1.40. The Labute approximate surface area is 89.8 Å². The van der Waals surface area contributed by atoms with Gasteiger partial charge in [0, 0.05) is 13.5 Å². The molecule has 0 aromatic carbocycles. The molecule has 1 saturated heterocycles. The molecule has 82 valence electrons. The van der Waals surface area contributed by atoms with Crippen molar-refractivity contribution < 1.29 is 9.59 Å². The summed E-state index contributed by atoms with van der Waals surface area (Å²) in [5.41, 5.74) is 0.488. The van der Waals surface area contributed by atoms with Crippen LogP contribution in [0.1, 0.15) is 33.1 Å². The molecule has 1 amide bonds. The molecule has 0 bridgehead atoms. The fourth-order valence-electron chi connectivity index (χ4n) is 4.05. The lowest BCUT2D eigenvalue weighted by atomic mass is 9.76. The molecule has 3 fully saturated rings. The Kier molecular flexibility index (Phi) is 1.64. The van der Waals surface area contributed by atoms with Gasteiger partial charge >= 0.3 is 0 Å². The maximum Gasteiger partial charge on any atom is 0.220 e. The Balaban J connectivity index is 1.85. The topological polar surface area (TPSA) is 37.4 Å². The van der Waals surface area contributed by atoms with Crippen molar-refractivity contribution in [1.29, 1.82) is 0 Å². The highest BCUT2D eigenvalue weighted by atomic mass is 16.2. The predicted molar refractivity (Wildman–Crippen MR) is 55.1 cm³/mol. The smallest absolute Gasteiger partial charge is 0.220 e. The van der Waals surface area contributed by atoms with E-state index in [0.29, 0.717) is 17.3 Å². The number of ketones is 1. The van der Waals surface area contributed by atoms with Gasteiger partial charge in [0.25, 0.3) is 0 Å². The molecule has 0 radical (unpaired) electrons. The van der Waals surface area contributed by atoms with Gasteiger partial charge in [0.05, 0.1) is 6.04 Å². The third-order valence-electron chi connectivity index (χ3n) is 4.90. The summed E-state index contributed by atoms with van der Waals surface area (Å²) in [4.78, 5) is 24.8. The van der Waals surface area contributed by atoms with Gasteiger partial charge in [-0.2, -0.15) is 0 Å². The Hall–Kier alpha value is -0.860. The largest absolute Gasteiger partial charge is 0.332 e. The van der Waals surface area contributed by atoms with Gasteiger partial charge in [-0.1, -0.05) is 6.42 Å². The molecule has 2 unspecified atom stereocenters. The van der Waals surface area contributed by atoms with Crippen LogP contribution in [0.3, 0.4) is 0 Å². The van der Waals surface area contributed by atoms with Crippen LogP contribution in [0, 0.1) is 17.3 Å². The number of carbonyl (C=O) groups is 2. The van der Waals surface area contributed by atoms with E-state index >= 15 is 0 Å². The van der Waals surface area contributed by atoms with Crippen LogP contribution >= 0.6 is 0 Å². The van der Waals surface area contributed by atoms with E-state index in [2.05, 4.69) is 0 Å². The van der Waals surface area contributed by atoms with Gasteiger partial charge in [0.15, 0.2) is 5.78 Å². The Morgan fingerprint density at radius 3 is 2.33 bits per heavy atom. The van der Waals surface area contributed by atoms with Crippen molar-refractivity contribution >= 4 is 11.7 Å². The fourth-order valence-corrected chi connectivity index (χ4v) is 4.05. The number of hydrogen-bond acceptors (Lipinski definition) is 2. The molecule has 3 nitrogen and oxygen atoms in total. The zero-order valence-electron chi connectivity index (χ0n) is 9.32. The van der Waals surface area contributed by atoms with E-state index in [4.69, 9.17) is 0 Å². The fraction of sp³-hybridized carbons (Fsp3) is 0.833. The summed E-state index contributed by atoms with van der Waals surface area (Å²) >= 11 is 0. The molecule has 0 N–H and O–H groups in total. The molecule has 3 rings (SSSR count). The average molecular weight is 207 g/mol. The molecule has 1 heterocycles. The Morgan fingerprint density at radius 2 is 1.93 bits per heavy atom. The summed E-state index contributed by atoms with van der Waals surface area (Å²) in [6.45, 7) is 4.05. The summed E-state index contributed by atoms with van der Waals surface area (Å²) in [6, 6.07) is -0.0900. The van der Waals surface area contributed by atoms with Gasteiger partial charge in [-0.25, -0.2) is 0 Å². The molecule has 2 aliphatic carbocycles. The highest BCUT2D eigenvalue weighted by Gasteiger charge is 2.74. The standard InChI is InChI=1S/C12H17NO2/c1-7(14)11-10-9(6-13(11)8(2)15)12(10)4-3-5-12/h9-11H,3-6H2,1-2H3/t9?,10?,11-/m1/s1. The maximum absolute atomic E-state index is 11.6. The maximum atomic E-state index is 11.6. The number of Topliss-reactive ketones (excluding diaryl/α,β-unsaturated/α-hetero) is 1. The molecule has 2 saturated carbocycles. The number of carbonyl (C=O) groups excluding carboxylic acids is 2. The Bertz CT molecular complexity index is 346. The number of nitrogens with zero attached hydrogens (tertiary/aromatic N) is 1. The molecular formula is C12H17NO2. The molecule has 15 heavy (non-hydrogen) atoms. The van der Waals surface area contributed by atoms with Crippen molar-refractivity contribution in [1.82, 2.24) is 4.90 Å². The molecule has 3 aliphatic rings. The van der Waals surface area contributed by atoms with Crippen molar-refractivity contribution in [3.8, 4) is 0 Å². The van der Waals surface area contributed by atoms with Crippen molar-refractivity contribution in [2.45, 2.75) is 39.2 Å². The van der Waals surface area contributed by atoms with E-state index in [1.807, 2.05) is 0 Å². The lowest BCUT2D eigenvalue weighted by Crippen LogP contribution is -2.45. The highest BCUT2D eigenvalue weighted by molar-refractivity contribution is 5.88. The van der Waals surface area contributed by atoms with E-state index in [1.54, 1.807) is 18.7 Å². The van der Waals surface area contributed by atoms with Crippen molar-refractivity contribution in [2.75, 3.05) is 6.54 Å². The van der Waals surface area contributed by atoms with Gasteiger partial charge in [0.2, 0.25) is 5.91 Å². The minimum atomic E-state index is -0.0900. The molecule has 3 atom stereocenters. The molecular weight excluding hydrogens is 190 g/mol. The third kappa shape index (κ3) is 0.963. The molecule has 3 heteroatoms. The van der Waals surface area contributed by atoms with Crippen LogP contribution < -0.4 is 0 Å². The van der Waals surface area contributed by atoms with Crippen molar-refractivity contribution in [2.24, 2.45) is 17.3 Å². The monoisotopic (exact) mass is 207 g/mol. The zero-order valence-corrected chi connectivity index (χ0v) is 9.32. The molecule has 0 aromatic heterocycles. The van der Waals surface area contributed by atoms with E-state index in [1.165, 1.54) is 19.3 Å². The summed E-state index contributed by atoms with van der Waals surface area (Å²) in [5, 5.41) is 0. The SMILES string of the molecule is CC(=O)[C@@H]1C2C(CN1C(C)=O)C21CCC1. The lowest BCUT2D eigenvalue weighted by molar-refractivity contribution is -0.137. The number of piperidine rings is 1. The van der Waals surface area contributed by atoms with Gasteiger partial charge in [-0.05, 0) is 37.0 Å². The summed E-state index contributed by atoms with van der Waals surface area (Å²) < 4.78 is 0. The third-order valence-corrected chi connectivity index (χ3v) is 4.90. The van der Waals surface area contributed by atoms with Crippen LogP contribution in [0.4, 0.5) is 0 Å². The first-order chi connectivity index (χ1) is 7.08. The van der Waals surface area contributed by atoms with Gasteiger partial charge in [0.1, 0.15) is 0 Å². The quantitative estimate of drug-likeness (QED) is 0.648. The highest BCUT2D eigenvalue weighted by Crippen LogP contribution is 2.74. The number of amides is 1. The van der Waals surface area contributed by atoms with Gasteiger partial charge in [-0.3, -0.25) is 9.59 Å². The predicted octanol–water partition coefficient (Wildman–Crippen LogP) is 1.22. The minimum absolute atomic E-state index is 0.0665. The van der Waals surface area contributed by atoms with Crippen molar-refractivity contribution in [3.63, 3.8) is 0 Å². The minimum Gasteiger partial charge on any atom is -0.332 e. The normalized spacial score (nSPS) is 39.9. The van der Waals surface area contributed by atoms with Crippen molar-refractivity contribution in [3.05, 3.63) is 0 Å². The number of hydrogen-bond donors (Lipinski definition) is 0. The van der Waals surface area contributed by atoms with E-state index in [0.717, 1.165) is 6.54 Å². The van der Waals surface area contributed by atoms with Crippen LogP contribution in [0.5, 0.6) is 0 Å². The Morgan fingerprint density at radius 1 is 1.27 bits per heavy atom. The second-order valence-corrected chi connectivity index (χ2v) is 5.45. The van der Waals surface area contributed by atoms with Crippen LogP contribution in [0.15, 0.2) is 0 Å². The number of fused-ring (bicyclic) bond motifs is 3. The second kappa shape index (κ2) is 2.63. The molecule has 1 aliphatic heterocycles. The first-order valence-electron chi connectivity index (χ1n) is 5.85. The van der Waals surface area contributed by atoms with E-state index < -0.39 is 0 Å². The first-order valence-corrected chi connectivity index (χ1v) is 5.85. The number of likely N-dealkylation sites (tertiary alicyclic amines) is 1. The summed E-state index contributed by atoms with van der Waals surface area (Å²) in [6.07, 6.45) is 3.90. The second-order valence-electron chi connectivity index (χ2n) is 5.45. The van der Waals surface area contributed by atoms with Crippen LogP contribution in [-0.2, 0) is 9.59 Å².